The van der Waals surface area contributed by atoms with Crippen molar-refractivity contribution in [2.45, 2.75) is 39.0 Å². The summed E-state index contributed by atoms with van der Waals surface area (Å²) in [5, 5.41) is 0. The summed E-state index contributed by atoms with van der Waals surface area (Å²) in [5.41, 5.74) is 1.41. The summed E-state index contributed by atoms with van der Waals surface area (Å²) in [6, 6.07) is 0. The van der Waals surface area contributed by atoms with Gasteiger partial charge in [-0.1, -0.05) is 26.2 Å². The summed E-state index contributed by atoms with van der Waals surface area (Å²) in [6.07, 6.45) is 22.5. The standard InChI is InChI=1S/C9H13.C5H5.2ClH.Zr/c1-2-3-6-9-7-4-5-8-9;1-2-4-5-3-1;;;/h4,7H,2-3,5-6H2,1H3;1-3H,4H2;2*1H;/q2*-1;;;+2. The van der Waals surface area contributed by atoms with Crippen molar-refractivity contribution in [2.75, 3.05) is 0 Å². The number of unbranched alkanes of at least 4 members (excludes halogenated alkanes) is 1. The SMILES string of the molecule is CCCCC1=[C-]CC=C1.Cl.Cl.[C-]1=CC=CC1.[Zr+2]. The van der Waals surface area contributed by atoms with Crippen LogP contribution in [0.5, 0.6) is 0 Å². The van der Waals surface area contributed by atoms with Crippen molar-refractivity contribution in [1.29, 1.82) is 0 Å². The van der Waals surface area contributed by atoms with Crippen LogP contribution in [-0.2, 0) is 26.2 Å². The average Bonchev–Trinajstić information content (AvgIpc) is 2.90. The third kappa shape index (κ3) is 12.7. The zero-order valence-corrected chi connectivity index (χ0v) is 14.3. The first-order chi connectivity index (χ1) is 6.93. The molecule has 0 bridgehead atoms. The summed E-state index contributed by atoms with van der Waals surface area (Å²) < 4.78 is 0. The molecule has 0 atom stereocenters. The van der Waals surface area contributed by atoms with Crippen molar-refractivity contribution in [3.05, 3.63) is 48.1 Å². The predicted molar refractivity (Wildman–Crippen MR) is 76.1 cm³/mol. The summed E-state index contributed by atoms with van der Waals surface area (Å²) in [6.45, 7) is 2.22. The van der Waals surface area contributed by atoms with Crippen molar-refractivity contribution in [1.82, 2.24) is 0 Å². The maximum absolute atomic E-state index is 3.30. The van der Waals surface area contributed by atoms with Crippen molar-refractivity contribution in [3.63, 3.8) is 0 Å². The minimum absolute atomic E-state index is 0. The third-order valence-electron chi connectivity index (χ3n) is 2.15. The fraction of sp³-hybridized carbons (Fsp3) is 0.429. The third-order valence-corrected chi connectivity index (χ3v) is 2.15. The van der Waals surface area contributed by atoms with Gasteiger partial charge in [-0.2, -0.15) is 12.2 Å². The van der Waals surface area contributed by atoms with E-state index >= 15 is 0 Å². The molecule has 0 aliphatic heterocycles. The van der Waals surface area contributed by atoms with Crippen LogP contribution in [0.2, 0.25) is 0 Å². The molecule has 0 amide bonds. The van der Waals surface area contributed by atoms with Crippen molar-refractivity contribution < 1.29 is 26.2 Å². The Morgan fingerprint density at radius 2 is 1.94 bits per heavy atom. The monoisotopic (exact) mass is 348 g/mol. The number of hydrogen-bond donors (Lipinski definition) is 0. The molecule has 0 radical (unpaired) electrons. The molecule has 2 aliphatic rings. The molecule has 0 fully saturated rings. The van der Waals surface area contributed by atoms with Crippen molar-refractivity contribution in [2.24, 2.45) is 0 Å². The molecule has 2 aliphatic carbocycles. The summed E-state index contributed by atoms with van der Waals surface area (Å²) in [5.74, 6) is 0. The first-order valence-corrected chi connectivity index (χ1v) is 5.41. The summed E-state index contributed by atoms with van der Waals surface area (Å²) in [7, 11) is 0. The van der Waals surface area contributed by atoms with E-state index in [-0.39, 0.29) is 51.0 Å². The van der Waals surface area contributed by atoms with Crippen LogP contribution in [0.15, 0.2) is 36.0 Å². The second kappa shape index (κ2) is 16.4. The Morgan fingerprint density at radius 3 is 2.29 bits per heavy atom. The number of allylic oxidation sites excluding steroid dienone is 8. The molecule has 17 heavy (non-hydrogen) atoms. The summed E-state index contributed by atoms with van der Waals surface area (Å²) in [4.78, 5) is 0. The maximum atomic E-state index is 3.30. The molecule has 0 heterocycles. The molecule has 0 spiro atoms. The van der Waals surface area contributed by atoms with E-state index < -0.39 is 0 Å². The molecule has 94 valence electrons. The first kappa shape index (κ1) is 22.6. The molecule has 0 saturated carbocycles. The van der Waals surface area contributed by atoms with Gasteiger partial charge in [0.1, 0.15) is 0 Å². The zero-order valence-electron chi connectivity index (χ0n) is 10.2. The van der Waals surface area contributed by atoms with Gasteiger partial charge in [0.25, 0.3) is 0 Å². The van der Waals surface area contributed by atoms with Crippen LogP contribution < -0.4 is 0 Å². The smallest absolute Gasteiger partial charge is 0.273 e. The topological polar surface area (TPSA) is 0 Å². The molecular weight excluding hydrogens is 330 g/mol. The molecule has 0 unspecified atom stereocenters. The van der Waals surface area contributed by atoms with Gasteiger partial charge in [0.05, 0.1) is 0 Å². The van der Waals surface area contributed by atoms with E-state index in [0.717, 1.165) is 12.8 Å². The maximum Gasteiger partial charge on any atom is 2.00 e. The van der Waals surface area contributed by atoms with Crippen LogP contribution in [0.4, 0.5) is 0 Å². The molecule has 0 aromatic rings. The Labute approximate surface area is 137 Å². The molecule has 0 saturated heterocycles. The average molecular weight is 350 g/mol. The van der Waals surface area contributed by atoms with Gasteiger partial charge < -0.3 is 0 Å². The Balaban J connectivity index is -0.000000216. The van der Waals surface area contributed by atoms with Crippen molar-refractivity contribution in [3.8, 4) is 0 Å². The van der Waals surface area contributed by atoms with Gasteiger partial charge in [-0.25, -0.2) is 23.8 Å². The van der Waals surface area contributed by atoms with E-state index in [9.17, 15) is 0 Å². The molecule has 2 rings (SSSR count). The number of halogens is 2. The Kier molecular flexibility index (Phi) is 21.8. The molecule has 0 N–H and O–H groups in total. The second-order valence-electron chi connectivity index (χ2n) is 3.42. The van der Waals surface area contributed by atoms with Gasteiger partial charge in [-0.05, 0) is 0 Å². The van der Waals surface area contributed by atoms with Gasteiger partial charge in [-0.3, -0.25) is 12.2 Å². The number of hydrogen-bond acceptors (Lipinski definition) is 0. The van der Waals surface area contributed by atoms with Crippen LogP contribution in [0.25, 0.3) is 0 Å². The predicted octanol–water partition coefficient (Wildman–Crippen LogP) is 5.01. The van der Waals surface area contributed by atoms with Gasteiger partial charge in [0.2, 0.25) is 0 Å². The molecule has 3 heteroatoms. The van der Waals surface area contributed by atoms with Crippen LogP contribution >= 0.6 is 24.8 Å². The van der Waals surface area contributed by atoms with E-state index in [1.807, 2.05) is 12.2 Å². The van der Waals surface area contributed by atoms with Gasteiger partial charge in [-0.15, -0.1) is 37.7 Å². The largest absolute Gasteiger partial charge is 2.00 e. The number of rotatable bonds is 3. The van der Waals surface area contributed by atoms with Gasteiger partial charge >= 0.3 is 26.2 Å². The van der Waals surface area contributed by atoms with E-state index in [0.29, 0.717) is 0 Å². The Morgan fingerprint density at radius 1 is 1.18 bits per heavy atom. The van der Waals surface area contributed by atoms with Gasteiger partial charge in [0.15, 0.2) is 0 Å². The summed E-state index contributed by atoms with van der Waals surface area (Å²) >= 11 is 0. The fourth-order valence-corrected chi connectivity index (χ4v) is 1.33. The second-order valence-corrected chi connectivity index (χ2v) is 3.42. The Hall–Kier alpha value is 0.423. The minimum atomic E-state index is 0. The molecule has 0 aromatic carbocycles. The zero-order chi connectivity index (χ0) is 10.1. The molecule has 0 nitrogen and oxygen atoms in total. The van der Waals surface area contributed by atoms with Crippen LogP contribution in [-0.4, -0.2) is 0 Å². The minimum Gasteiger partial charge on any atom is -0.273 e. The first-order valence-electron chi connectivity index (χ1n) is 5.41. The van der Waals surface area contributed by atoms with E-state index in [2.05, 4.69) is 37.3 Å². The van der Waals surface area contributed by atoms with E-state index in [1.54, 1.807) is 0 Å². The van der Waals surface area contributed by atoms with Gasteiger partial charge in [0, 0.05) is 0 Å². The normalized spacial score (nSPS) is 13.8. The van der Waals surface area contributed by atoms with Crippen LogP contribution in [0.1, 0.15) is 39.0 Å². The van der Waals surface area contributed by atoms with Crippen LogP contribution in [0, 0.1) is 12.2 Å². The van der Waals surface area contributed by atoms with E-state index in [1.165, 1.54) is 24.8 Å². The Bertz CT molecular complexity index is 255. The van der Waals surface area contributed by atoms with Crippen molar-refractivity contribution >= 4 is 24.8 Å². The quantitative estimate of drug-likeness (QED) is 0.628. The van der Waals surface area contributed by atoms with Crippen LogP contribution in [0.3, 0.4) is 0 Å². The fourth-order valence-electron chi connectivity index (χ4n) is 1.33. The molecular formula is C14H20Cl2Zr. The van der Waals surface area contributed by atoms with E-state index in [4.69, 9.17) is 0 Å². The molecule has 0 aromatic heterocycles.